The van der Waals surface area contributed by atoms with Crippen LogP contribution in [0.5, 0.6) is 5.75 Å². The summed E-state index contributed by atoms with van der Waals surface area (Å²) in [5.74, 6) is -3.40. The van der Waals surface area contributed by atoms with Gasteiger partial charge in [0, 0.05) is 11.8 Å². The number of nitrogens with zero attached hydrogens (tertiary/aromatic N) is 1. The molecule has 162 valence electrons. The molecule has 32 heavy (non-hydrogen) atoms. The zero-order valence-corrected chi connectivity index (χ0v) is 16.9. The lowest BCUT2D eigenvalue weighted by molar-refractivity contribution is -0.120. The molecule has 0 spiro atoms. The van der Waals surface area contributed by atoms with Crippen molar-refractivity contribution in [3.63, 3.8) is 0 Å². The number of ether oxygens (including phenoxy) is 1. The van der Waals surface area contributed by atoms with Crippen LogP contribution in [0, 0.1) is 17.5 Å². The fourth-order valence-corrected chi connectivity index (χ4v) is 3.36. The van der Waals surface area contributed by atoms with Gasteiger partial charge >= 0.3 is 0 Å². The SMILES string of the molecule is CCOc1ccc(C2=C(Nc3ccc(F)cc3)C(=O)N(c3ccc(F)cc3F)C2=O)cc1. The highest BCUT2D eigenvalue weighted by atomic mass is 19.1. The number of hydrogen-bond donors (Lipinski definition) is 1. The van der Waals surface area contributed by atoms with Crippen LogP contribution in [0.15, 0.2) is 72.4 Å². The van der Waals surface area contributed by atoms with Crippen LogP contribution in [0.4, 0.5) is 24.5 Å². The van der Waals surface area contributed by atoms with E-state index in [-0.39, 0.29) is 17.0 Å². The van der Waals surface area contributed by atoms with Gasteiger partial charge in [-0.1, -0.05) is 12.1 Å². The maximum atomic E-state index is 14.4. The molecule has 1 aliphatic rings. The van der Waals surface area contributed by atoms with E-state index in [0.29, 0.717) is 34.6 Å². The summed E-state index contributed by atoms with van der Waals surface area (Å²) in [6, 6.07) is 14.2. The van der Waals surface area contributed by atoms with Gasteiger partial charge in [-0.2, -0.15) is 0 Å². The molecule has 1 aliphatic heterocycles. The van der Waals surface area contributed by atoms with E-state index in [4.69, 9.17) is 4.74 Å². The van der Waals surface area contributed by atoms with E-state index in [1.807, 2.05) is 6.92 Å². The topological polar surface area (TPSA) is 58.6 Å². The van der Waals surface area contributed by atoms with Gasteiger partial charge < -0.3 is 10.1 Å². The van der Waals surface area contributed by atoms with E-state index in [0.717, 1.165) is 12.1 Å². The molecule has 3 aromatic rings. The van der Waals surface area contributed by atoms with Gasteiger partial charge in [-0.25, -0.2) is 18.1 Å². The van der Waals surface area contributed by atoms with E-state index in [9.17, 15) is 22.8 Å². The predicted octanol–water partition coefficient (Wildman–Crippen LogP) is 4.90. The van der Waals surface area contributed by atoms with Crippen molar-refractivity contribution in [3.8, 4) is 5.75 Å². The van der Waals surface area contributed by atoms with Gasteiger partial charge in [-0.3, -0.25) is 9.59 Å². The van der Waals surface area contributed by atoms with Crippen LogP contribution in [0.3, 0.4) is 0 Å². The van der Waals surface area contributed by atoms with Crippen LogP contribution >= 0.6 is 0 Å². The molecule has 0 saturated carbocycles. The van der Waals surface area contributed by atoms with Crippen LogP contribution in [0.2, 0.25) is 0 Å². The van der Waals surface area contributed by atoms with Crippen LogP contribution in [-0.2, 0) is 9.59 Å². The average molecular weight is 438 g/mol. The molecule has 0 aromatic heterocycles. The first-order chi connectivity index (χ1) is 15.4. The Bertz CT molecular complexity index is 1220. The van der Waals surface area contributed by atoms with Gasteiger partial charge in [0.2, 0.25) is 0 Å². The van der Waals surface area contributed by atoms with Crippen LogP contribution in [0.1, 0.15) is 12.5 Å². The van der Waals surface area contributed by atoms with Crippen LogP contribution in [0.25, 0.3) is 5.57 Å². The third-order valence-electron chi connectivity index (χ3n) is 4.80. The minimum absolute atomic E-state index is 0.00824. The van der Waals surface area contributed by atoms with Crippen molar-refractivity contribution in [1.29, 1.82) is 0 Å². The second kappa shape index (κ2) is 8.58. The van der Waals surface area contributed by atoms with Gasteiger partial charge in [0.1, 0.15) is 28.9 Å². The third kappa shape index (κ3) is 3.94. The summed E-state index contributed by atoms with van der Waals surface area (Å²) in [5, 5.41) is 2.84. The van der Waals surface area contributed by atoms with Crippen molar-refractivity contribution < 1.29 is 27.5 Å². The largest absolute Gasteiger partial charge is 0.494 e. The lowest BCUT2D eigenvalue weighted by Gasteiger charge is -2.16. The second-order valence-corrected chi connectivity index (χ2v) is 6.88. The lowest BCUT2D eigenvalue weighted by Crippen LogP contribution is -2.33. The number of amides is 2. The molecule has 0 aliphatic carbocycles. The van der Waals surface area contributed by atoms with E-state index in [2.05, 4.69) is 5.32 Å². The summed E-state index contributed by atoms with van der Waals surface area (Å²) < 4.78 is 46.5. The lowest BCUT2D eigenvalue weighted by atomic mass is 10.0. The number of benzene rings is 3. The summed E-state index contributed by atoms with van der Waals surface area (Å²) in [5.41, 5.74) is 0.246. The van der Waals surface area contributed by atoms with E-state index in [1.54, 1.807) is 24.3 Å². The summed E-state index contributed by atoms with van der Waals surface area (Å²) >= 11 is 0. The number of rotatable bonds is 6. The number of carbonyl (C=O) groups is 2. The Morgan fingerprint density at radius 1 is 0.844 bits per heavy atom. The van der Waals surface area contributed by atoms with Crippen molar-refractivity contribution >= 4 is 28.8 Å². The molecular formula is C24H17F3N2O3. The quantitative estimate of drug-likeness (QED) is 0.557. The molecule has 0 saturated heterocycles. The van der Waals surface area contributed by atoms with E-state index >= 15 is 0 Å². The van der Waals surface area contributed by atoms with Gasteiger partial charge in [-0.05, 0) is 61.0 Å². The highest BCUT2D eigenvalue weighted by molar-refractivity contribution is 6.46. The minimum Gasteiger partial charge on any atom is -0.494 e. The van der Waals surface area contributed by atoms with Gasteiger partial charge in [0.15, 0.2) is 0 Å². The molecule has 1 heterocycles. The van der Waals surface area contributed by atoms with Crippen molar-refractivity contribution in [3.05, 3.63) is 95.4 Å². The standard InChI is InChI=1S/C24H17F3N2O3/c1-2-32-18-10-3-14(4-11-18)21-22(28-17-8-5-15(25)6-9-17)24(31)29(23(21)30)20-12-7-16(26)13-19(20)27/h3-13,28H,2H2,1H3. The molecule has 3 aromatic carbocycles. The molecule has 1 N–H and O–H groups in total. The summed E-state index contributed by atoms with van der Waals surface area (Å²) in [6.07, 6.45) is 0. The van der Waals surface area contributed by atoms with Crippen LogP contribution in [-0.4, -0.2) is 18.4 Å². The number of nitrogens with one attached hydrogen (secondary N) is 1. The first-order valence-corrected chi connectivity index (χ1v) is 9.73. The van der Waals surface area contributed by atoms with E-state index in [1.165, 1.54) is 24.3 Å². The third-order valence-corrected chi connectivity index (χ3v) is 4.80. The maximum absolute atomic E-state index is 14.4. The predicted molar refractivity (Wildman–Crippen MR) is 113 cm³/mol. The maximum Gasteiger partial charge on any atom is 0.282 e. The summed E-state index contributed by atoms with van der Waals surface area (Å²) in [6.45, 7) is 2.28. The molecule has 0 atom stereocenters. The number of halogens is 3. The van der Waals surface area contributed by atoms with Gasteiger partial charge in [0.05, 0.1) is 17.9 Å². The Morgan fingerprint density at radius 3 is 2.12 bits per heavy atom. The van der Waals surface area contributed by atoms with Crippen molar-refractivity contribution in [2.45, 2.75) is 6.92 Å². The minimum atomic E-state index is -1.05. The molecule has 8 heteroatoms. The van der Waals surface area contributed by atoms with Gasteiger partial charge in [-0.15, -0.1) is 0 Å². The fraction of sp³-hybridized carbons (Fsp3) is 0.0833. The van der Waals surface area contributed by atoms with Crippen LogP contribution < -0.4 is 15.0 Å². The smallest absolute Gasteiger partial charge is 0.282 e. The average Bonchev–Trinajstić information content (AvgIpc) is 3.00. The summed E-state index contributed by atoms with van der Waals surface area (Å²) in [7, 11) is 0. The molecule has 0 unspecified atom stereocenters. The molecule has 0 radical (unpaired) electrons. The monoisotopic (exact) mass is 438 g/mol. The Hall–Kier alpha value is -4.07. The first kappa shape index (κ1) is 21.2. The Morgan fingerprint density at radius 2 is 1.50 bits per heavy atom. The second-order valence-electron chi connectivity index (χ2n) is 6.88. The van der Waals surface area contributed by atoms with Crippen molar-refractivity contribution in [2.24, 2.45) is 0 Å². The highest BCUT2D eigenvalue weighted by Crippen LogP contribution is 2.35. The number of anilines is 2. The van der Waals surface area contributed by atoms with E-state index < -0.39 is 29.3 Å². The molecule has 0 fully saturated rings. The van der Waals surface area contributed by atoms with Crippen molar-refractivity contribution in [2.75, 3.05) is 16.8 Å². The van der Waals surface area contributed by atoms with Gasteiger partial charge in [0.25, 0.3) is 11.8 Å². The molecular weight excluding hydrogens is 421 g/mol. The molecule has 4 rings (SSSR count). The number of hydrogen-bond acceptors (Lipinski definition) is 4. The molecule has 0 bridgehead atoms. The van der Waals surface area contributed by atoms with Crippen molar-refractivity contribution in [1.82, 2.24) is 0 Å². The first-order valence-electron chi connectivity index (χ1n) is 9.73. The zero-order chi connectivity index (χ0) is 22.8. The Kier molecular flexibility index (Phi) is 5.68. The number of imide groups is 1. The highest BCUT2D eigenvalue weighted by Gasteiger charge is 2.41. The summed E-state index contributed by atoms with van der Waals surface area (Å²) in [4.78, 5) is 27.1. The normalized spacial score (nSPS) is 13.7. The Labute approximate surface area is 181 Å². The fourth-order valence-electron chi connectivity index (χ4n) is 3.36. The molecule has 5 nitrogen and oxygen atoms in total. The number of carbonyl (C=O) groups excluding carboxylic acids is 2. The Balaban J connectivity index is 1.80. The molecule has 2 amide bonds. The zero-order valence-electron chi connectivity index (χ0n) is 16.9.